The molecule has 19 heavy (non-hydrogen) atoms. The van der Waals surface area contributed by atoms with Gasteiger partial charge in [-0.1, -0.05) is 29.3 Å². The third-order valence-corrected chi connectivity index (χ3v) is 3.32. The first kappa shape index (κ1) is 13.7. The average Bonchev–Trinajstić information content (AvgIpc) is 2.38. The molecule has 0 heterocycles. The van der Waals surface area contributed by atoms with Crippen molar-refractivity contribution in [1.29, 1.82) is 5.41 Å². The van der Waals surface area contributed by atoms with Crippen LogP contribution in [0, 0.1) is 5.41 Å². The molecule has 5 heteroatoms. The van der Waals surface area contributed by atoms with Crippen LogP contribution in [0.1, 0.15) is 11.1 Å². The molecule has 0 aromatic heterocycles. The summed E-state index contributed by atoms with van der Waals surface area (Å²) in [6.07, 6.45) is 0. The minimum Gasteiger partial charge on any atom is -0.489 e. The van der Waals surface area contributed by atoms with E-state index < -0.39 is 0 Å². The van der Waals surface area contributed by atoms with Crippen LogP contribution < -0.4 is 10.5 Å². The van der Waals surface area contributed by atoms with E-state index in [0.717, 1.165) is 5.56 Å². The van der Waals surface area contributed by atoms with Crippen LogP contribution in [-0.2, 0) is 6.61 Å². The zero-order valence-corrected chi connectivity index (χ0v) is 11.5. The summed E-state index contributed by atoms with van der Waals surface area (Å²) in [6.45, 7) is 0.290. The van der Waals surface area contributed by atoms with Gasteiger partial charge in [0, 0.05) is 21.2 Å². The van der Waals surface area contributed by atoms with E-state index in [1.54, 1.807) is 42.5 Å². The van der Waals surface area contributed by atoms with Gasteiger partial charge in [0.2, 0.25) is 0 Å². The van der Waals surface area contributed by atoms with E-state index in [0.29, 0.717) is 21.4 Å². The Morgan fingerprint density at radius 2 is 1.63 bits per heavy atom. The Balaban J connectivity index is 2.08. The van der Waals surface area contributed by atoms with Gasteiger partial charge in [0.25, 0.3) is 0 Å². The Hall–Kier alpha value is -1.71. The minimum atomic E-state index is 0.0284. The van der Waals surface area contributed by atoms with Gasteiger partial charge in [-0.25, -0.2) is 0 Å². The molecule has 0 aliphatic heterocycles. The van der Waals surface area contributed by atoms with Crippen molar-refractivity contribution in [1.82, 2.24) is 0 Å². The number of benzene rings is 2. The number of nitrogen functional groups attached to an aromatic ring is 1. The molecule has 0 aliphatic carbocycles. The largest absolute Gasteiger partial charge is 0.489 e. The number of hydrogen-bond acceptors (Lipinski definition) is 2. The maximum absolute atomic E-state index is 7.30. The summed E-state index contributed by atoms with van der Waals surface area (Å²) in [5.41, 5.74) is 6.78. The lowest BCUT2D eigenvalue weighted by Gasteiger charge is -2.09. The molecule has 0 amide bonds. The highest BCUT2D eigenvalue weighted by atomic mass is 35.5. The molecule has 0 fully saturated rings. The van der Waals surface area contributed by atoms with E-state index in [1.165, 1.54) is 0 Å². The monoisotopic (exact) mass is 294 g/mol. The van der Waals surface area contributed by atoms with Crippen LogP contribution >= 0.6 is 23.2 Å². The molecule has 0 saturated carbocycles. The molecule has 0 unspecified atom stereocenters. The third kappa shape index (κ3) is 3.40. The fourth-order valence-corrected chi connectivity index (χ4v) is 2.06. The molecule has 0 atom stereocenters. The van der Waals surface area contributed by atoms with Gasteiger partial charge in [0.05, 0.1) is 0 Å². The Bertz CT molecular complexity index is 577. The van der Waals surface area contributed by atoms with E-state index in [9.17, 15) is 0 Å². The van der Waals surface area contributed by atoms with Gasteiger partial charge in [-0.3, -0.25) is 5.41 Å². The molecule has 3 N–H and O–H groups in total. The van der Waals surface area contributed by atoms with Gasteiger partial charge in [-0.2, -0.15) is 0 Å². The molecule has 2 aromatic rings. The van der Waals surface area contributed by atoms with E-state index in [1.807, 2.05) is 0 Å². The molecule has 98 valence electrons. The molecular weight excluding hydrogens is 283 g/mol. The molecule has 0 bridgehead atoms. The van der Waals surface area contributed by atoms with E-state index in [4.69, 9.17) is 39.1 Å². The fraction of sp³-hybridized carbons (Fsp3) is 0.0714. The molecule has 0 aliphatic rings. The molecular formula is C14H12Cl2N2O. The van der Waals surface area contributed by atoms with Crippen LogP contribution in [-0.4, -0.2) is 5.84 Å². The zero-order valence-electron chi connectivity index (χ0n) is 9.99. The summed E-state index contributed by atoms with van der Waals surface area (Å²) >= 11 is 12.1. The summed E-state index contributed by atoms with van der Waals surface area (Å²) in [5, 5.41) is 8.45. The zero-order chi connectivity index (χ0) is 13.8. The third-order valence-electron chi connectivity index (χ3n) is 2.61. The Labute approximate surface area is 121 Å². The number of nitrogens with one attached hydrogen (secondary N) is 1. The van der Waals surface area contributed by atoms with Gasteiger partial charge in [0.1, 0.15) is 18.2 Å². The second kappa shape index (κ2) is 5.95. The maximum atomic E-state index is 7.30. The van der Waals surface area contributed by atoms with Gasteiger partial charge >= 0.3 is 0 Å². The van der Waals surface area contributed by atoms with E-state index in [2.05, 4.69) is 0 Å². The summed E-state index contributed by atoms with van der Waals surface area (Å²) in [5.74, 6) is 0.696. The highest BCUT2D eigenvalue weighted by Gasteiger charge is 2.06. The van der Waals surface area contributed by atoms with Crippen molar-refractivity contribution in [2.75, 3.05) is 0 Å². The van der Waals surface area contributed by atoms with Crippen LogP contribution in [0.5, 0.6) is 5.75 Å². The Morgan fingerprint density at radius 3 is 2.16 bits per heavy atom. The molecule has 0 radical (unpaired) electrons. The van der Waals surface area contributed by atoms with Gasteiger partial charge in [-0.05, 0) is 36.4 Å². The number of rotatable bonds is 4. The van der Waals surface area contributed by atoms with Crippen molar-refractivity contribution in [3.8, 4) is 5.75 Å². The van der Waals surface area contributed by atoms with E-state index in [-0.39, 0.29) is 12.4 Å². The molecule has 2 aromatic carbocycles. The summed E-state index contributed by atoms with van der Waals surface area (Å²) in [6, 6.07) is 12.3. The molecule has 3 nitrogen and oxygen atoms in total. The van der Waals surface area contributed by atoms with Crippen LogP contribution in [0.15, 0.2) is 42.5 Å². The average molecular weight is 295 g/mol. The summed E-state index contributed by atoms with van der Waals surface area (Å²) in [4.78, 5) is 0. The topological polar surface area (TPSA) is 59.1 Å². The standard InChI is InChI=1S/C14H12Cl2N2O/c15-12-2-1-3-13(16)11(12)8-19-10-6-4-9(5-7-10)14(17)18/h1-7H,8H2,(H3,17,18). The quantitative estimate of drug-likeness (QED) is 0.664. The highest BCUT2D eigenvalue weighted by molar-refractivity contribution is 6.35. The lowest BCUT2D eigenvalue weighted by Crippen LogP contribution is -2.10. The first-order valence-corrected chi connectivity index (χ1v) is 6.33. The minimum absolute atomic E-state index is 0.0284. The summed E-state index contributed by atoms with van der Waals surface area (Å²) in [7, 11) is 0. The predicted molar refractivity (Wildman–Crippen MR) is 78.3 cm³/mol. The number of halogens is 2. The summed E-state index contributed by atoms with van der Waals surface area (Å²) < 4.78 is 5.61. The van der Waals surface area contributed by atoms with Crippen molar-refractivity contribution in [3.05, 3.63) is 63.6 Å². The second-order valence-electron chi connectivity index (χ2n) is 3.93. The first-order chi connectivity index (χ1) is 9.08. The molecule has 2 rings (SSSR count). The smallest absolute Gasteiger partial charge is 0.122 e. The van der Waals surface area contributed by atoms with Crippen molar-refractivity contribution in [2.24, 2.45) is 5.73 Å². The number of amidine groups is 1. The van der Waals surface area contributed by atoms with Crippen molar-refractivity contribution in [3.63, 3.8) is 0 Å². The highest BCUT2D eigenvalue weighted by Crippen LogP contribution is 2.25. The van der Waals surface area contributed by atoms with Crippen molar-refractivity contribution in [2.45, 2.75) is 6.61 Å². The first-order valence-electron chi connectivity index (χ1n) is 5.58. The second-order valence-corrected chi connectivity index (χ2v) is 4.74. The predicted octanol–water partition coefficient (Wildman–Crippen LogP) is 3.86. The van der Waals surface area contributed by atoms with Crippen LogP contribution in [0.2, 0.25) is 10.0 Å². The van der Waals surface area contributed by atoms with Crippen LogP contribution in [0.4, 0.5) is 0 Å². The van der Waals surface area contributed by atoms with Crippen molar-refractivity contribution < 1.29 is 4.74 Å². The SMILES string of the molecule is N=C(N)c1ccc(OCc2c(Cl)cccc2Cl)cc1. The Morgan fingerprint density at radius 1 is 1.05 bits per heavy atom. The normalized spacial score (nSPS) is 10.2. The van der Waals surface area contributed by atoms with Crippen molar-refractivity contribution >= 4 is 29.0 Å². The molecule has 0 saturated heterocycles. The van der Waals surface area contributed by atoms with Crippen LogP contribution in [0.25, 0.3) is 0 Å². The van der Waals surface area contributed by atoms with E-state index >= 15 is 0 Å². The number of ether oxygens (including phenoxy) is 1. The maximum Gasteiger partial charge on any atom is 0.122 e. The van der Waals surface area contributed by atoms with Gasteiger partial charge in [0.15, 0.2) is 0 Å². The lowest BCUT2D eigenvalue weighted by atomic mass is 10.2. The van der Waals surface area contributed by atoms with Gasteiger partial charge in [-0.15, -0.1) is 0 Å². The molecule has 0 spiro atoms. The number of hydrogen-bond donors (Lipinski definition) is 2. The van der Waals surface area contributed by atoms with Gasteiger partial charge < -0.3 is 10.5 Å². The van der Waals surface area contributed by atoms with Crippen LogP contribution in [0.3, 0.4) is 0 Å². The lowest BCUT2D eigenvalue weighted by molar-refractivity contribution is 0.306. The number of nitrogens with two attached hydrogens (primary N) is 1. The fourth-order valence-electron chi connectivity index (χ4n) is 1.56. The Kier molecular flexibility index (Phi) is 4.30.